The van der Waals surface area contributed by atoms with Gasteiger partial charge in [-0.1, -0.05) is 31.2 Å². The molecule has 82 valence electrons. The van der Waals surface area contributed by atoms with Gasteiger partial charge in [0.2, 0.25) is 0 Å². The van der Waals surface area contributed by atoms with Gasteiger partial charge in [0.15, 0.2) is 0 Å². The fraction of sp³-hybridized carbons (Fsp3) is 0.700. The van der Waals surface area contributed by atoms with Crippen molar-refractivity contribution in [3.63, 3.8) is 0 Å². The number of allylic oxidation sites excluding steroid dienone is 1. The Bertz CT molecular complexity index is 241. The molecule has 0 unspecified atom stereocenters. The number of aliphatic imine (C=N–C) groups is 1. The highest BCUT2D eigenvalue weighted by Crippen LogP contribution is 2.27. The van der Waals surface area contributed by atoms with Gasteiger partial charge in [0.05, 0.1) is 8.07 Å². The summed E-state index contributed by atoms with van der Waals surface area (Å²) in [6, 6.07) is 0.336. The molecule has 0 aromatic carbocycles. The van der Waals surface area contributed by atoms with E-state index in [0.29, 0.717) is 6.04 Å². The normalized spacial score (nSPS) is 15.1. The van der Waals surface area contributed by atoms with Gasteiger partial charge in [0, 0.05) is 21.8 Å². The van der Waals surface area contributed by atoms with E-state index in [4.69, 9.17) is 11.6 Å². The van der Waals surface area contributed by atoms with Crippen LogP contribution in [0.25, 0.3) is 0 Å². The second kappa shape index (κ2) is 5.98. The molecule has 4 heteroatoms. The third kappa shape index (κ3) is 5.22. The monoisotopic (exact) mass is 249 g/mol. The lowest BCUT2D eigenvalue weighted by atomic mass is 10.4. The molecule has 0 amide bonds. The van der Waals surface area contributed by atoms with Crippen LogP contribution in [-0.4, -0.2) is 26.6 Å². The minimum atomic E-state index is -1.38. The van der Waals surface area contributed by atoms with Crippen LogP contribution in [0.1, 0.15) is 13.8 Å². The van der Waals surface area contributed by atoms with Crippen LogP contribution in [0.3, 0.4) is 0 Å². The molecule has 0 aromatic heterocycles. The lowest BCUT2D eigenvalue weighted by molar-refractivity contribution is 0.841. The molecule has 0 atom stereocenters. The fourth-order valence-corrected chi connectivity index (χ4v) is 3.44. The van der Waals surface area contributed by atoms with Gasteiger partial charge < -0.3 is 0 Å². The molecule has 0 spiro atoms. The minimum absolute atomic E-state index is 0.336. The van der Waals surface area contributed by atoms with Crippen LogP contribution >= 0.6 is 23.4 Å². The van der Waals surface area contributed by atoms with E-state index in [2.05, 4.69) is 38.5 Å². The number of hydrogen-bond donors (Lipinski definition) is 0. The van der Waals surface area contributed by atoms with Gasteiger partial charge in [-0.05, 0) is 20.1 Å². The lowest BCUT2D eigenvalue weighted by Crippen LogP contribution is -2.22. The Labute approximate surface area is 98.0 Å². The topological polar surface area (TPSA) is 12.4 Å². The molecule has 0 N–H and O–H groups in total. The second-order valence-corrected chi connectivity index (χ2v) is 11.0. The molecule has 0 saturated heterocycles. The van der Waals surface area contributed by atoms with Crippen LogP contribution in [0, 0.1) is 0 Å². The van der Waals surface area contributed by atoms with Gasteiger partial charge in [-0.3, -0.25) is 4.99 Å². The van der Waals surface area contributed by atoms with Crippen molar-refractivity contribution in [2.24, 2.45) is 4.99 Å². The van der Waals surface area contributed by atoms with Crippen molar-refractivity contribution in [2.45, 2.75) is 39.5 Å². The quantitative estimate of drug-likeness (QED) is 0.539. The van der Waals surface area contributed by atoms with Crippen LogP contribution in [0.15, 0.2) is 14.6 Å². The Morgan fingerprint density at radius 2 is 1.86 bits per heavy atom. The van der Waals surface area contributed by atoms with E-state index in [0.717, 1.165) is 9.56 Å². The Hall–Kier alpha value is 0.267. The Balaban J connectivity index is 4.87. The number of rotatable bonds is 4. The van der Waals surface area contributed by atoms with Crippen LogP contribution < -0.4 is 0 Å². The molecule has 1 nitrogen and oxygen atoms in total. The molecule has 0 bridgehead atoms. The summed E-state index contributed by atoms with van der Waals surface area (Å²) in [5.74, 6) is 0. The Morgan fingerprint density at radius 1 is 1.36 bits per heavy atom. The van der Waals surface area contributed by atoms with E-state index in [1.807, 2.05) is 12.5 Å². The fourth-order valence-electron chi connectivity index (χ4n) is 0.785. The average Bonchev–Trinajstić information content (AvgIpc) is 2.03. The number of hydrogen-bond acceptors (Lipinski definition) is 2. The first kappa shape index (κ1) is 14.3. The standard InChI is InChI=1S/C10H20ClNSSi/c1-8(2)12-7-9(13-3)10(11)14(4,5)6/h7-8H,1-6H3/b10-9+,12-7?. The summed E-state index contributed by atoms with van der Waals surface area (Å²) in [6.45, 7) is 10.9. The second-order valence-electron chi connectivity index (χ2n) is 4.50. The highest BCUT2D eigenvalue weighted by molar-refractivity contribution is 8.03. The van der Waals surface area contributed by atoms with E-state index in [1.165, 1.54) is 0 Å². The summed E-state index contributed by atoms with van der Waals surface area (Å²) in [5.41, 5.74) is 0. The molecule has 0 aliphatic heterocycles. The van der Waals surface area contributed by atoms with Gasteiger partial charge >= 0.3 is 0 Å². The molecule has 0 radical (unpaired) electrons. The van der Waals surface area contributed by atoms with Crippen molar-refractivity contribution in [1.29, 1.82) is 0 Å². The van der Waals surface area contributed by atoms with E-state index in [-0.39, 0.29) is 0 Å². The number of halogens is 1. The van der Waals surface area contributed by atoms with E-state index < -0.39 is 8.07 Å². The van der Waals surface area contributed by atoms with Gasteiger partial charge in [0.1, 0.15) is 0 Å². The highest BCUT2D eigenvalue weighted by atomic mass is 35.5. The maximum atomic E-state index is 6.34. The van der Waals surface area contributed by atoms with E-state index in [9.17, 15) is 0 Å². The number of thioether (sulfide) groups is 1. The smallest absolute Gasteiger partial charge is 0.0938 e. The molecule has 0 aliphatic rings. The van der Waals surface area contributed by atoms with Crippen molar-refractivity contribution in [1.82, 2.24) is 0 Å². The maximum absolute atomic E-state index is 6.34. The van der Waals surface area contributed by atoms with Crippen LogP contribution in [0.4, 0.5) is 0 Å². The zero-order valence-corrected chi connectivity index (χ0v) is 12.5. The zero-order chi connectivity index (χ0) is 11.4. The molecular weight excluding hydrogens is 230 g/mol. The molecule has 0 heterocycles. The Morgan fingerprint density at radius 3 is 2.14 bits per heavy atom. The summed E-state index contributed by atoms with van der Waals surface area (Å²) in [5, 5.41) is 0. The summed E-state index contributed by atoms with van der Waals surface area (Å²) in [4.78, 5) is 5.49. The summed E-state index contributed by atoms with van der Waals surface area (Å²) in [7, 11) is -1.38. The lowest BCUT2D eigenvalue weighted by Gasteiger charge is -2.17. The zero-order valence-electron chi connectivity index (χ0n) is 9.89. The van der Waals surface area contributed by atoms with E-state index >= 15 is 0 Å². The predicted molar refractivity (Wildman–Crippen MR) is 73.4 cm³/mol. The van der Waals surface area contributed by atoms with Crippen LogP contribution in [-0.2, 0) is 0 Å². The summed E-state index contributed by atoms with van der Waals surface area (Å²) in [6.07, 6.45) is 3.96. The molecule has 0 rings (SSSR count). The molecule has 0 saturated carbocycles. The molecule has 0 aliphatic carbocycles. The largest absolute Gasteiger partial charge is 0.289 e. The first-order chi connectivity index (χ1) is 6.29. The number of nitrogens with zero attached hydrogens (tertiary/aromatic N) is 1. The van der Waals surface area contributed by atoms with E-state index in [1.54, 1.807) is 11.8 Å². The predicted octanol–water partition coefficient (Wildman–Crippen LogP) is 4.16. The van der Waals surface area contributed by atoms with Gasteiger partial charge in [-0.2, -0.15) is 0 Å². The molecule has 14 heavy (non-hydrogen) atoms. The third-order valence-electron chi connectivity index (χ3n) is 1.58. The summed E-state index contributed by atoms with van der Waals surface area (Å²) < 4.78 is 1.02. The minimum Gasteiger partial charge on any atom is -0.289 e. The van der Waals surface area contributed by atoms with Crippen molar-refractivity contribution in [3.05, 3.63) is 9.56 Å². The first-order valence-corrected chi connectivity index (χ1v) is 9.86. The van der Waals surface area contributed by atoms with Crippen molar-refractivity contribution < 1.29 is 0 Å². The molecule has 0 fully saturated rings. The van der Waals surface area contributed by atoms with Crippen LogP contribution in [0.5, 0.6) is 0 Å². The van der Waals surface area contributed by atoms with Gasteiger partial charge in [0.25, 0.3) is 0 Å². The summed E-state index contributed by atoms with van der Waals surface area (Å²) >= 11 is 8.02. The van der Waals surface area contributed by atoms with Gasteiger partial charge in [-0.25, -0.2) is 0 Å². The Kier molecular flexibility index (Phi) is 6.10. The molecule has 0 aromatic rings. The van der Waals surface area contributed by atoms with Gasteiger partial charge in [-0.15, -0.1) is 11.8 Å². The SMILES string of the molecule is CS/C(C=NC(C)C)=C(\Cl)[Si](C)(C)C. The highest BCUT2D eigenvalue weighted by Gasteiger charge is 2.20. The molecular formula is C10H20ClNSSi. The maximum Gasteiger partial charge on any atom is 0.0938 e. The van der Waals surface area contributed by atoms with Crippen molar-refractivity contribution >= 4 is 37.7 Å². The average molecular weight is 250 g/mol. The van der Waals surface area contributed by atoms with Crippen LogP contribution in [0.2, 0.25) is 19.6 Å². The first-order valence-electron chi connectivity index (χ1n) is 4.76. The third-order valence-corrected chi connectivity index (χ3v) is 6.12. The van der Waals surface area contributed by atoms with Crippen molar-refractivity contribution in [3.8, 4) is 0 Å². The van der Waals surface area contributed by atoms with Crippen molar-refractivity contribution in [2.75, 3.05) is 6.26 Å².